The summed E-state index contributed by atoms with van der Waals surface area (Å²) in [5.74, 6) is -0.615. The highest BCUT2D eigenvalue weighted by atomic mass is 35.5. The number of nitrogens with two attached hydrogens (primary N) is 1. The third kappa shape index (κ3) is 1.21. The highest BCUT2D eigenvalue weighted by Crippen LogP contribution is 2.32. The molecule has 2 aromatic heterocycles. The second-order valence-electron chi connectivity index (χ2n) is 2.66. The smallest absolute Gasteiger partial charge is 0.260 e. The molecule has 1 amide bonds. The van der Waals surface area contributed by atoms with Crippen molar-refractivity contribution in [2.24, 2.45) is 5.73 Å². The van der Waals surface area contributed by atoms with Gasteiger partial charge in [0.1, 0.15) is 4.88 Å². The Labute approximate surface area is 87.3 Å². The number of pyridine rings is 1. The van der Waals surface area contributed by atoms with Gasteiger partial charge in [-0.2, -0.15) is 0 Å². The summed E-state index contributed by atoms with van der Waals surface area (Å²) in [6.45, 7) is 0. The quantitative estimate of drug-likeness (QED) is 0.773. The average molecular weight is 229 g/mol. The molecular formula is C8H5ClN2O2S. The third-order valence-corrected chi connectivity index (χ3v) is 3.44. The first-order valence-corrected chi connectivity index (χ1v) is 4.90. The lowest BCUT2D eigenvalue weighted by molar-refractivity contribution is 0.100. The average Bonchev–Trinajstić information content (AvgIpc) is 2.45. The lowest BCUT2D eigenvalue weighted by Gasteiger charge is -1.88. The van der Waals surface area contributed by atoms with E-state index in [2.05, 4.69) is 4.98 Å². The highest BCUT2D eigenvalue weighted by molar-refractivity contribution is 7.21. The fraction of sp³-hybridized carbons (Fsp3) is 0. The Kier molecular flexibility index (Phi) is 2.05. The highest BCUT2D eigenvalue weighted by Gasteiger charge is 2.16. The fourth-order valence-electron chi connectivity index (χ4n) is 1.18. The second-order valence-corrected chi connectivity index (χ2v) is 4.09. The number of carbonyl (C=O) groups excluding carboxylic acids is 1. The Morgan fingerprint density at radius 2 is 2.29 bits per heavy atom. The van der Waals surface area contributed by atoms with Crippen molar-refractivity contribution >= 4 is 38.9 Å². The maximum Gasteiger partial charge on any atom is 0.260 e. The van der Waals surface area contributed by atoms with Gasteiger partial charge in [-0.15, -0.1) is 11.3 Å². The molecule has 0 saturated heterocycles. The topological polar surface area (TPSA) is 76.0 Å². The van der Waals surface area contributed by atoms with Crippen molar-refractivity contribution in [2.45, 2.75) is 0 Å². The van der Waals surface area contributed by atoms with Gasteiger partial charge in [-0.05, 0) is 6.07 Å². The molecule has 4 nitrogen and oxygen atoms in total. The van der Waals surface area contributed by atoms with Crippen molar-refractivity contribution in [2.75, 3.05) is 0 Å². The molecule has 0 saturated carbocycles. The maximum atomic E-state index is 11.4. The summed E-state index contributed by atoms with van der Waals surface area (Å²) in [5, 5.41) is 0.465. The SMILES string of the molecule is NC(=O)c1sc2cc[nH]c(=O)c2c1Cl. The Morgan fingerprint density at radius 1 is 1.57 bits per heavy atom. The lowest BCUT2D eigenvalue weighted by Crippen LogP contribution is -2.09. The fourth-order valence-corrected chi connectivity index (χ4v) is 2.58. The molecular weight excluding hydrogens is 224 g/mol. The van der Waals surface area contributed by atoms with Gasteiger partial charge in [-0.25, -0.2) is 0 Å². The van der Waals surface area contributed by atoms with Crippen LogP contribution >= 0.6 is 22.9 Å². The molecule has 2 aromatic rings. The van der Waals surface area contributed by atoms with Crippen LogP contribution in [0.15, 0.2) is 17.1 Å². The van der Waals surface area contributed by atoms with Crippen molar-refractivity contribution in [1.82, 2.24) is 4.98 Å². The summed E-state index contributed by atoms with van der Waals surface area (Å²) in [5.41, 5.74) is 4.79. The van der Waals surface area contributed by atoms with E-state index in [9.17, 15) is 9.59 Å². The van der Waals surface area contributed by atoms with E-state index in [1.165, 1.54) is 6.20 Å². The number of fused-ring (bicyclic) bond motifs is 1. The number of aromatic nitrogens is 1. The van der Waals surface area contributed by atoms with Crippen LogP contribution in [0.1, 0.15) is 9.67 Å². The molecule has 0 aliphatic carbocycles. The zero-order valence-corrected chi connectivity index (χ0v) is 8.41. The first kappa shape index (κ1) is 9.23. The molecule has 2 heterocycles. The number of H-pyrrole nitrogens is 1. The summed E-state index contributed by atoms with van der Waals surface area (Å²) in [7, 11) is 0. The van der Waals surface area contributed by atoms with E-state index in [1.807, 2.05) is 0 Å². The molecule has 0 unspecified atom stereocenters. The van der Waals surface area contributed by atoms with Gasteiger partial charge in [-0.3, -0.25) is 9.59 Å². The van der Waals surface area contributed by atoms with Crippen LogP contribution in [0.3, 0.4) is 0 Å². The van der Waals surface area contributed by atoms with Crippen LogP contribution in [0.25, 0.3) is 10.1 Å². The van der Waals surface area contributed by atoms with E-state index in [4.69, 9.17) is 17.3 Å². The minimum Gasteiger partial charge on any atom is -0.365 e. The molecule has 0 aromatic carbocycles. The normalized spacial score (nSPS) is 10.6. The van der Waals surface area contributed by atoms with Crippen LogP contribution in [0.2, 0.25) is 5.02 Å². The van der Waals surface area contributed by atoms with Gasteiger partial charge in [0.25, 0.3) is 11.5 Å². The molecule has 0 atom stereocenters. The molecule has 6 heteroatoms. The van der Waals surface area contributed by atoms with Crippen LogP contribution in [0, 0.1) is 0 Å². The first-order chi connectivity index (χ1) is 6.61. The van der Waals surface area contributed by atoms with Gasteiger partial charge in [-0.1, -0.05) is 11.6 Å². The summed E-state index contributed by atoms with van der Waals surface area (Å²) < 4.78 is 0.660. The van der Waals surface area contributed by atoms with Gasteiger partial charge in [0, 0.05) is 10.9 Å². The molecule has 3 N–H and O–H groups in total. The number of carbonyl (C=O) groups is 1. The Morgan fingerprint density at radius 3 is 2.86 bits per heavy atom. The summed E-state index contributed by atoms with van der Waals surface area (Å²) in [6.07, 6.45) is 1.50. The van der Waals surface area contributed by atoms with Crippen LogP contribution in [0.5, 0.6) is 0 Å². The minimum atomic E-state index is -0.615. The molecule has 2 rings (SSSR count). The molecule has 14 heavy (non-hydrogen) atoms. The molecule has 0 spiro atoms. The van der Waals surface area contributed by atoms with E-state index in [0.717, 1.165) is 11.3 Å². The standard InChI is InChI=1S/C8H5ClN2O2S/c9-5-4-3(1-2-11-8(4)13)14-6(5)7(10)12/h1-2H,(H2,10,12)(H,11,13). The number of halogens is 1. The van der Waals surface area contributed by atoms with Gasteiger partial charge in [0.2, 0.25) is 0 Å². The molecule has 0 bridgehead atoms. The minimum absolute atomic E-state index is 0.138. The van der Waals surface area contributed by atoms with Crippen molar-refractivity contribution in [3.8, 4) is 0 Å². The maximum absolute atomic E-state index is 11.4. The molecule has 0 fully saturated rings. The number of primary amides is 1. The monoisotopic (exact) mass is 228 g/mol. The van der Waals surface area contributed by atoms with Crippen molar-refractivity contribution in [1.29, 1.82) is 0 Å². The number of amides is 1. The van der Waals surface area contributed by atoms with E-state index in [-0.39, 0.29) is 15.5 Å². The molecule has 0 aliphatic heterocycles. The van der Waals surface area contributed by atoms with Crippen LogP contribution < -0.4 is 11.3 Å². The number of nitrogens with one attached hydrogen (secondary N) is 1. The van der Waals surface area contributed by atoms with Gasteiger partial charge in [0.05, 0.1) is 10.4 Å². The summed E-state index contributed by atoms with van der Waals surface area (Å²) in [4.78, 5) is 25.0. The lowest BCUT2D eigenvalue weighted by atomic mass is 10.3. The Bertz CT molecular complexity index is 572. The van der Waals surface area contributed by atoms with E-state index in [1.54, 1.807) is 6.07 Å². The van der Waals surface area contributed by atoms with Crippen LogP contribution in [-0.2, 0) is 0 Å². The first-order valence-electron chi connectivity index (χ1n) is 3.70. The molecule has 72 valence electrons. The zero-order chi connectivity index (χ0) is 10.3. The van der Waals surface area contributed by atoms with Gasteiger partial charge in [0.15, 0.2) is 0 Å². The zero-order valence-electron chi connectivity index (χ0n) is 6.83. The number of thiophene rings is 1. The molecule has 0 radical (unpaired) electrons. The largest absolute Gasteiger partial charge is 0.365 e. The van der Waals surface area contributed by atoms with Crippen LogP contribution in [-0.4, -0.2) is 10.9 Å². The van der Waals surface area contributed by atoms with Crippen molar-refractivity contribution in [3.05, 3.63) is 32.5 Å². The number of hydrogen-bond acceptors (Lipinski definition) is 3. The van der Waals surface area contributed by atoms with E-state index in [0.29, 0.717) is 10.1 Å². The number of aromatic amines is 1. The van der Waals surface area contributed by atoms with Crippen molar-refractivity contribution in [3.63, 3.8) is 0 Å². The summed E-state index contributed by atoms with van der Waals surface area (Å²) >= 11 is 6.97. The van der Waals surface area contributed by atoms with Crippen LogP contribution in [0.4, 0.5) is 0 Å². The van der Waals surface area contributed by atoms with Gasteiger partial charge < -0.3 is 10.7 Å². The van der Waals surface area contributed by atoms with Crippen molar-refractivity contribution < 1.29 is 4.79 Å². The predicted molar refractivity (Wildman–Crippen MR) is 56.0 cm³/mol. The Hall–Kier alpha value is -1.33. The number of rotatable bonds is 1. The Balaban J connectivity index is 2.94. The van der Waals surface area contributed by atoms with Gasteiger partial charge >= 0.3 is 0 Å². The predicted octanol–water partition coefficient (Wildman–Crippen LogP) is 1.34. The second kappa shape index (κ2) is 3.11. The third-order valence-electron chi connectivity index (χ3n) is 1.78. The summed E-state index contributed by atoms with van der Waals surface area (Å²) in [6, 6.07) is 1.68. The van der Waals surface area contributed by atoms with E-state index < -0.39 is 5.91 Å². The number of hydrogen-bond donors (Lipinski definition) is 2. The van der Waals surface area contributed by atoms with E-state index >= 15 is 0 Å². The molecule has 0 aliphatic rings.